The minimum absolute atomic E-state index is 0.0750. The number of hydrogen-bond acceptors (Lipinski definition) is 8. The highest BCUT2D eigenvalue weighted by molar-refractivity contribution is 5.84. The molecule has 11 heteroatoms. The van der Waals surface area contributed by atoms with Crippen LogP contribution in [-0.4, -0.2) is 79.7 Å². The predicted molar refractivity (Wildman–Crippen MR) is 129 cm³/mol. The number of tetrazole rings is 1. The first-order valence-electron chi connectivity index (χ1n) is 12.6. The maximum atomic E-state index is 14.0. The lowest BCUT2D eigenvalue weighted by Crippen LogP contribution is -2.60. The summed E-state index contributed by atoms with van der Waals surface area (Å²) in [4.78, 5) is 22.7. The zero-order valence-electron chi connectivity index (χ0n) is 20.5. The van der Waals surface area contributed by atoms with Gasteiger partial charge in [0.2, 0.25) is 5.91 Å². The van der Waals surface area contributed by atoms with E-state index in [1.54, 1.807) is 13.0 Å². The van der Waals surface area contributed by atoms with Crippen LogP contribution in [0.2, 0.25) is 0 Å². The van der Waals surface area contributed by atoms with Gasteiger partial charge in [0.25, 0.3) is 0 Å². The van der Waals surface area contributed by atoms with E-state index in [1.807, 2.05) is 23.1 Å². The molecule has 2 fully saturated rings. The maximum absolute atomic E-state index is 14.0. The van der Waals surface area contributed by atoms with Crippen molar-refractivity contribution in [1.82, 2.24) is 35.0 Å². The van der Waals surface area contributed by atoms with Crippen LogP contribution in [0.3, 0.4) is 0 Å². The lowest BCUT2D eigenvalue weighted by atomic mass is 9.84. The number of nitriles is 1. The molecule has 1 unspecified atom stereocenters. The fraction of sp³-hybridized carbons (Fsp3) is 0.462. The second-order valence-electron chi connectivity index (χ2n) is 9.91. The van der Waals surface area contributed by atoms with Gasteiger partial charge in [-0.3, -0.25) is 9.69 Å². The molecule has 2 aliphatic heterocycles. The second kappa shape index (κ2) is 9.61. The smallest absolute Gasteiger partial charge is 0.230 e. The number of halogens is 1. The van der Waals surface area contributed by atoms with Crippen LogP contribution < -0.4 is 0 Å². The van der Waals surface area contributed by atoms with Crippen LogP contribution in [0.25, 0.3) is 5.82 Å². The van der Waals surface area contributed by atoms with Gasteiger partial charge in [0.05, 0.1) is 30.2 Å². The Kier molecular flexibility index (Phi) is 6.14. The van der Waals surface area contributed by atoms with Gasteiger partial charge >= 0.3 is 0 Å². The van der Waals surface area contributed by atoms with Crippen molar-refractivity contribution in [3.63, 3.8) is 0 Å². The molecule has 0 saturated carbocycles. The number of benzene rings is 1. The molecule has 3 aliphatic rings. The van der Waals surface area contributed by atoms with E-state index in [0.29, 0.717) is 37.6 Å². The molecule has 3 aromatic rings. The SMILES string of the molecule is Cc1c([C@@H]2CN3CCN(C(=O)C4CCCc5nc(-n6cnnn6)ccc54)C[C@@H]3CO2)ccc(F)c1C#N. The van der Waals surface area contributed by atoms with Crippen molar-refractivity contribution >= 4 is 5.91 Å². The Morgan fingerprint density at radius 3 is 2.86 bits per heavy atom. The van der Waals surface area contributed by atoms with E-state index in [4.69, 9.17) is 9.72 Å². The molecule has 3 atom stereocenters. The lowest BCUT2D eigenvalue weighted by molar-refractivity contribution is -0.142. The first-order chi connectivity index (χ1) is 18.0. The standard InChI is InChI=1S/C26H27FN8O2/c1-16-18(5-7-22(27)21(16)11-28)24-13-33-9-10-34(12-17(33)14-37-24)26(36)20-3-2-4-23-19(20)6-8-25(30-23)35-15-29-31-32-35/h5-8,15,17,20,24H,2-4,9-10,12-14H2,1H3/t17-,20?,24+/m1/s1. The Balaban J connectivity index is 1.14. The Hall–Kier alpha value is -3.75. The fourth-order valence-corrected chi connectivity index (χ4v) is 5.87. The number of carbonyl (C=O) groups excluding carboxylic acids is 1. The topological polar surface area (TPSA) is 113 Å². The summed E-state index contributed by atoms with van der Waals surface area (Å²) in [5.74, 6) is 0.0929. The number of nitrogens with zero attached hydrogens (tertiary/aromatic N) is 8. The van der Waals surface area contributed by atoms with Crippen LogP contribution in [0.1, 0.15) is 52.8 Å². The maximum Gasteiger partial charge on any atom is 0.230 e. The molecule has 1 aromatic carbocycles. The summed E-state index contributed by atoms with van der Waals surface area (Å²) in [5, 5.41) is 20.6. The van der Waals surface area contributed by atoms with E-state index < -0.39 is 5.82 Å². The molecule has 10 nitrogen and oxygen atoms in total. The predicted octanol–water partition coefficient (Wildman–Crippen LogP) is 2.08. The number of hydrogen-bond donors (Lipinski definition) is 0. The van der Waals surface area contributed by atoms with Gasteiger partial charge in [-0.1, -0.05) is 12.1 Å². The molecule has 2 saturated heterocycles. The van der Waals surface area contributed by atoms with Gasteiger partial charge in [0.1, 0.15) is 18.2 Å². The highest BCUT2D eigenvalue weighted by Crippen LogP contribution is 2.35. The third-order valence-electron chi connectivity index (χ3n) is 7.88. The van der Waals surface area contributed by atoms with E-state index in [-0.39, 0.29) is 29.5 Å². The number of morpholine rings is 1. The number of aromatic nitrogens is 5. The Bertz CT molecular complexity index is 1370. The molecule has 6 rings (SSSR count). The number of carbonyl (C=O) groups is 1. The quantitative estimate of drug-likeness (QED) is 0.535. The van der Waals surface area contributed by atoms with Crippen molar-refractivity contribution in [3.8, 4) is 11.9 Å². The summed E-state index contributed by atoms with van der Waals surface area (Å²) >= 11 is 0. The summed E-state index contributed by atoms with van der Waals surface area (Å²) in [6.07, 6.45) is 3.84. The average Bonchev–Trinajstić information content (AvgIpc) is 3.47. The van der Waals surface area contributed by atoms with E-state index in [1.165, 1.54) is 17.1 Å². The van der Waals surface area contributed by atoms with Gasteiger partial charge in [-0.2, -0.15) is 9.94 Å². The van der Waals surface area contributed by atoms with Crippen LogP contribution in [0, 0.1) is 24.1 Å². The summed E-state index contributed by atoms with van der Waals surface area (Å²) in [6.45, 7) is 4.91. The monoisotopic (exact) mass is 502 g/mol. The van der Waals surface area contributed by atoms with Crippen LogP contribution >= 0.6 is 0 Å². The zero-order chi connectivity index (χ0) is 25.5. The summed E-state index contributed by atoms with van der Waals surface area (Å²) < 4.78 is 21.7. The number of piperazine rings is 1. The van der Waals surface area contributed by atoms with Crippen LogP contribution in [0.5, 0.6) is 0 Å². The van der Waals surface area contributed by atoms with E-state index in [2.05, 4.69) is 20.4 Å². The van der Waals surface area contributed by atoms with Crippen molar-refractivity contribution < 1.29 is 13.9 Å². The highest BCUT2D eigenvalue weighted by atomic mass is 19.1. The molecule has 1 aliphatic carbocycles. The number of ether oxygens (including phenoxy) is 1. The van der Waals surface area contributed by atoms with Crippen LogP contribution in [0.15, 0.2) is 30.6 Å². The molecule has 37 heavy (non-hydrogen) atoms. The number of amides is 1. The molecule has 0 bridgehead atoms. The van der Waals surface area contributed by atoms with Gasteiger partial charge < -0.3 is 9.64 Å². The van der Waals surface area contributed by atoms with E-state index in [9.17, 15) is 14.4 Å². The van der Waals surface area contributed by atoms with Gasteiger partial charge in [-0.15, -0.1) is 5.10 Å². The molecule has 4 heterocycles. The van der Waals surface area contributed by atoms with Crippen molar-refractivity contribution in [2.75, 3.05) is 32.8 Å². The Labute approximate surface area is 213 Å². The third-order valence-corrected chi connectivity index (χ3v) is 7.88. The third kappa shape index (κ3) is 4.26. The number of pyridine rings is 1. The summed E-state index contributed by atoms with van der Waals surface area (Å²) in [7, 11) is 0. The van der Waals surface area contributed by atoms with Gasteiger partial charge in [0, 0.05) is 31.9 Å². The van der Waals surface area contributed by atoms with Gasteiger partial charge in [0.15, 0.2) is 5.82 Å². The van der Waals surface area contributed by atoms with Crippen molar-refractivity contribution in [1.29, 1.82) is 5.26 Å². The van der Waals surface area contributed by atoms with Crippen molar-refractivity contribution in [3.05, 3.63) is 64.4 Å². The molecule has 0 spiro atoms. The summed E-state index contributed by atoms with van der Waals surface area (Å²) in [6, 6.07) is 8.99. The number of aryl methyl sites for hydroxylation is 1. The van der Waals surface area contributed by atoms with E-state index >= 15 is 0 Å². The van der Waals surface area contributed by atoms with Crippen molar-refractivity contribution in [2.45, 2.75) is 44.2 Å². The highest BCUT2D eigenvalue weighted by Gasteiger charge is 2.39. The van der Waals surface area contributed by atoms with Crippen LogP contribution in [-0.2, 0) is 16.0 Å². The molecule has 0 radical (unpaired) electrons. The average molecular weight is 503 g/mol. The largest absolute Gasteiger partial charge is 0.370 e. The van der Waals surface area contributed by atoms with Gasteiger partial charge in [-0.25, -0.2) is 9.37 Å². The summed E-state index contributed by atoms with van der Waals surface area (Å²) in [5.41, 5.74) is 3.49. The molecular weight excluding hydrogens is 475 g/mol. The Morgan fingerprint density at radius 2 is 2.05 bits per heavy atom. The number of fused-ring (bicyclic) bond motifs is 2. The lowest BCUT2D eigenvalue weighted by Gasteiger charge is -2.47. The molecule has 1 amide bonds. The normalized spacial score (nSPS) is 23.7. The molecular formula is C26H27FN8O2. The first kappa shape index (κ1) is 23.6. The van der Waals surface area contributed by atoms with Gasteiger partial charge in [-0.05, 0) is 65.4 Å². The fourth-order valence-electron chi connectivity index (χ4n) is 5.87. The first-order valence-corrected chi connectivity index (χ1v) is 12.6. The van der Waals surface area contributed by atoms with Crippen molar-refractivity contribution in [2.24, 2.45) is 0 Å². The second-order valence-corrected chi connectivity index (χ2v) is 9.91. The molecule has 0 N–H and O–H groups in total. The Morgan fingerprint density at radius 1 is 1.19 bits per heavy atom. The molecule has 2 aromatic heterocycles. The minimum atomic E-state index is -0.504. The number of rotatable bonds is 3. The van der Waals surface area contributed by atoms with E-state index in [0.717, 1.165) is 42.6 Å². The molecule has 190 valence electrons. The zero-order valence-corrected chi connectivity index (χ0v) is 20.5. The van der Waals surface area contributed by atoms with Crippen LogP contribution in [0.4, 0.5) is 4.39 Å². The minimum Gasteiger partial charge on any atom is -0.370 e.